The van der Waals surface area contributed by atoms with E-state index in [2.05, 4.69) is 35.2 Å². The Morgan fingerprint density at radius 1 is 1.14 bits per heavy atom. The predicted octanol–water partition coefficient (Wildman–Crippen LogP) is 3.39. The maximum atomic E-state index is 8.86. The van der Waals surface area contributed by atoms with E-state index in [1.807, 2.05) is 12.1 Å². The fourth-order valence-electron chi connectivity index (χ4n) is 2.74. The summed E-state index contributed by atoms with van der Waals surface area (Å²) < 4.78 is 5.72. The Morgan fingerprint density at radius 2 is 2.05 bits per heavy atom. The van der Waals surface area contributed by atoms with Gasteiger partial charge in [-0.2, -0.15) is 5.26 Å². The molecule has 0 atom stereocenters. The third-order valence-electron chi connectivity index (χ3n) is 3.79. The van der Waals surface area contributed by atoms with E-state index < -0.39 is 0 Å². The molecule has 1 heterocycles. The average molecular weight is 278 g/mol. The highest BCUT2D eigenvalue weighted by Gasteiger charge is 2.17. The van der Waals surface area contributed by atoms with Crippen LogP contribution in [0.2, 0.25) is 0 Å². The third kappa shape index (κ3) is 3.17. The molecule has 0 unspecified atom stereocenters. The summed E-state index contributed by atoms with van der Waals surface area (Å²) in [4.78, 5) is 2.42. The Kier molecular flexibility index (Phi) is 4.07. The standard InChI is InChI=1S/C18H18N2O/c19-14-15-5-3-7-17(13-15)21-12-4-10-20-11-9-16-6-1-2-8-18(16)20/h1-3,5-8,13H,4,9-12H2. The van der Waals surface area contributed by atoms with Crippen molar-refractivity contribution in [3.63, 3.8) is 0 Å². The minimum Gasteiger partial charge on any atom is -0.493 e. The third-order valence-corrected chi connectivity index (χ3v) is 3.79. The van der Waals surface area contributed by atoms with Crippen LogP contribution in [0.3, 0.4) is 0 Å². The fraction of sp³-hybridized carbons (Fsp3) is 0.278. The van der Waals surface area contributed by atoms with Gasteiger partial charge in [-0.05, 0) is 42.7 Å². The molecule has 0 fully saturated rings. The van der Waals surface area contributed by atoms with E-state index in [1.165, 1.54) is 11.3 Å². The molecule has 0 amide bonds. The molecule has 0 N–H and O–H groups in total. The quantitative estimate of drug-likeness (QED) is 0.787. The minimum absolute atomic E-state index is 0.640. The van der Waals surface area contributed by atoms with E-state index in [1.54, 1.807) is 12.1 Å². The van der Waals surface area contributed by atoms with Gasteiger partial charge in [0.15, 0.2) is 0 Å². The van der Waals surface area contributed by atoms with E-state index >= 15 is 0 Å². The maximum Gasteiger partial charge on any atom is 0.120 e. The van der Waals surface area contributed by atoms with Gasteiger partial charge >= 0.3 is 0 Å². The van der Waals surface area contributed by atoms with E-state index in [9.17, 15) is 0 Å². The van der Waals surface area contributed by atoms with Crippen molar-refractivity contribution < 1.29 is 4.74 Å². The highest BCUT2D eigenvalue weighted by molar-refractivity contribution is 5.57. The van der Waals surface area contributed by atoms with Crippen molar-refractivity contribution in [1.82, 2.24) is 0 Å². The van der Waals surface area contributed by atoms with Crippen molar-refractivity contribution in [3.8, 4) is 11.8 Å². The molecule has 3 rings (SSSR count). The fourth-order valence-corrected chi connectivity index (χ4v) is 2.74. The first-order valence-electron chi connectivity index (χ1n) is 7.32. The number of para-hydroxylation sites is 1. The van der Waals surface area contributed by atoms with Crippen LogP contribution in [-0.4, -0.2) is 19.7 Å². The number of benzene rings is 2. The Bertz CT molecular complexity index is 660. The molecular weight excluding hydrogens is 260 g/mol. The summed E-state index contributed by atoms with van der Waals surface area (Å²) in [7, 11) is 0. The molecule has 0 aromatic heterocycles. The Labute approximate surface area is 125 Å². The first-order chi connectivity index (χ1) is 10.4. The summed E-state index contributed by atoms with van der Waals surface area (Å²) in [5.41, 5.74) is 3.45. The van der Waals surface area contributed by atoms with Crippen LogP contribution in [-0.2, 0) is 6.42 Å². The zero-order valence-electron chi connectivity index (χ0n) is 12.0. The second kappa shape index (κ2) is 6.32. The maximum absolute atomic E-state index is 8.86. The first kappa shape index (κ1) is 13.5. The van der Waals surface area contributed by atoms with E-state index in [-0.39, 0.29) is 0 Å². The number of rotatable bonds is 5. The molecular formula is C18H18N2O. The highest BCUT2D eigenvalue weighted by atomic mass is 16.5. The van der Waals surface area contributed by atoms with Gasteiger partial charge in [0.25, 0.3) is 0 Å². The van der Waals surface area contributed by atoms with Crippen LogP contribution in [0, 0.1) is 11.3 Å². The molecule has 0 bridgehead atoms. The van der Waals surface area contributed by atoms with Gasteiger partial charge in [-0.25, -0.2) is 0 Å². The summed E-state index contributed by atoms with van der Waals surface area (Å²) in [6.45, 7) is 2.78. The number of fused-ring (bicyclic) bond motifs is 1. The summed E-state index contributed by atoms with van der Waals surface area (Å²) >= 11 is 0. The second-order valence-electron chi connectivity index (χ2n) is 5.21. The number of hydrogen-bond acceptors (Lipinski definition) is 3. The van der Waals surface area contributed by atoms with Gasteiger partial charge in [0.2, 0.25) is 0 Å². The van der Waals surface area contributed by atoms with Crippen LogP contribution in [0.4, 0.5) is 5.69 Å². The topological polar surface area (TPSA) is 36.3 Å². The Morgan fingerprint density at radius 3 is 2.95 bits per heavy atom. The van der Waals surface area contributed by atoms with Gasteiger partial charge in [-0.3, -0.25) is 0 Å². The van der Waals surface area contributed by atoms with Crippen molar-refractivity contribution in [2.45, 2.75) is 12.8 Å². The molecule has 0 radical (unpaired) electrons. The molecule has 2 aromatic carbocycles. The lowest BCUT2D eigenvalue weighted by atomic mass is 10.2. The van der Waals surface area contributed by atoms with Gasteiger partial charge < -0.3 is 9.64 Å². The van der Waals surface area contributed by atoms with Gasteiger partial charge in [0, 0.05) is 18.8 Å². The molecule has 21 heavy (non-hydrogen) atoms. The number of anilines is 1. The first-order valence-corrected chi connectivity index (χ1v) is 7.32. The molecule has 2 aromatic rings. The highest BCUT2D eigenvalue weighted by Crippen LogP contribution is 2.27. The van der Waals surface area contributed by atoms with Crippen LogP contribution in [0.15, 0.2) is 48.5 Å². The largest absolute Gasteiger partial charge is 0.493 e. The van der Waals surface area contributed by atoms with Crippen LogP contribution in [0.5, 0.6) is 5.75 Å². The Hall–Kier alpha value is -2.47. The van der Waals surface area contributed by atoms with Crippen LogP contribution in [0.1, 0.15) is 17.5 Å². The number of hydrogen-bond donors (Lipinski definition) is 0. The number of ether oxygens (including phenoxy) is 1. The van der Waals surface area contributed by atoms with Crippen molar-refractivity contribution in [2.75, 3.05) is 24.6 Å². The van der Waals surface area contributed by atoms with Crippen LogP contribution >= 0.6 is 0 Å². The normalized spacial score (nSPS) is 12.8. The number of nitriles is 1. The molecule has 0 saturated heterocycles. The minimum atomic E-state index is 0.640. The zero-order valence-corrected chi connectivity index (χ0v) is 12.0. The molecule has 3 nitrogen and oxygen atoms in total. The van der Waals surface area contributed by atoms with E-state index in [4.69, 9.17) is 10.00 Å². The second-order valence-corrected chi connectivity index (χ2v) is 5.21. The summed E-state index contributed by atoms with van der Waals surface area (Å²) in [5.74, 6) is 0.774. The molecule has 106 valence electrons. The van der Waals surface area contributed by atoms with Crippen LogP contribution < -0.4 is 9.64 Å². The smallest absolute Gasteiger partial charge is 0.120 e. The van der Waals surface area contributed by atoms with Gasteiger partial charge in [-0.1, -0.05) is 24.3 Å². The average Bonchev–Trinajstić information content (AvgIpc) is 2.95. The predicted molar refractivity (Wildman–Crippen MR) is 83.6 cm³/mol. The lowest BCUT2D eigenvalue weighted by molar-refractivity contribution is 0.312. The van der Waals surface area contributed by atoms with Gasteiger partial charge in [-0.15, -0.1) is 0 Å². The van der Waals surface area contributed by atoms with Gasteiger partial charge in [0.1, 0.15) is 5.75 Å². The molecule has 1 aliphatic heterocycles. The lowest BCUT2D eigenvalue weighted by Gasteiger charge is -2.19. The molecule has 3 heteroatoms. The SMILES string of the molecule is N#Cc1cccc(OCCCN2CCc3ccccc32)c1. The van der Waals surface area contributed by atoms with Crippen molar-refractivity contribution in [1.29, 1.82) is 5.26 Å². The van der Waals surface area contributed by atoms with Gasteiger partial charge in [0.05, 0.1) is 18.2 Å². The zero-order chi connectivity index (χ0) is 14.5. The van der Waals surface area contributed by atoms with E-state index in [0.29, 0.717) is 12.2 Å². The number of nitrogens with zero attached hydrogens (tertiary/aromatic N) is 2. The van der Waals surface area contributed by atoms with Crippen molar-refractivity contribution in [2.24, 2.45) is 0 Å². The van der Waals surface area contributed by atoms with Crippen molar-refractivity contribution in [3.05, 3.63) is 59.7 Å². The summed E-state index contributed by atoms with van der Waals surface area (Å²) in [6, 6.07) is 18.0. The lowest BCUT2D eigenvalue weighted by Crippen LogP contribution is -2.23. The van der Waals surface area contributed by atoms with E-state index in [0.717, 1.165) is 31.7 Å². The molecule has 0 spiro atoms. The molecule has 0 aliphatic carbocycles. The Balaban J connectivity index is 1.48. The monoisotopic (exact) mass is 278 g/mol. The van der Waals surface area contributed by atoms with Crippen molar-refractivity contribution >= 4 is 5.69 Å². The summed E-state index contributed by atoms with van der Waals surface area (Å²) in [5, 5.41) is 8.86. The summed E-state index contributed by atoms with van der Waals surface area (Å²) in [6.07, 6.45) is 2.12. The molecule has 1 aliphatic rings. The molecule has 0 saturated carbocycles. The van der Waals surface area contributed by atoms with Crippen LogP contribution in [0.25, 0.3) is 0 Å².